The van der Waals surface area contributed by atoms with Crippen molar-refractivity contribution >= 4 is 10.1 Å². The highest BCUT2D eigenvalue weighted by molar-refractivity contribution is 7.86. The highest BCUT2D eigenvalue weighted by Crippen LogP contribution is 2.24. The minimum absolute atomic E-state index is 0.0718. The van der Waals surface area contributed by atoms with Crippen molar-refractivity contribution in [3.05, 3.63) is 36.6 Å². The Morgan fingerprint density at radius 2 is 2.14 bits per heavy atom. The summed E-state index contributed by atoms with van der Waals surface area (Å²) in [6, 6.07) is 4.35. The molecule has 0 aliphatic rings. The Morgan fingerprint density at radius 1 is 1.50 bits per heavy atom. The molecule has 0 aromatic heterocycles. The van der Waals surface area contributed by atoms with Crippen LogP contribution in [0.4, 0.5) is 0 Å². The predicted molar refractivity (Wildman–Crippen MR) is 51.8 cm³/mol. The van der Waals surface area contributed by atoms with Crippen LogP contribution in [0.25, 0.3) is 0 Å². The second kappa shape index (κ2) is 3.81. The average molecular weight is 214 g/mol. The Balaban J connectivity index is 3.36. The zero-order chi connectivity index (χ0) is 10.8. The molecule has 1 N–H and O–H groups in total. The van der Waals surface area contributed by atoms with Crippen LogP contribution in [-0.2, 0) is 10.1 Å². The van der Waals surface area contributed by atoms with Gasteiger partial charge < -0.3 is 4.74 Å². The maximum absolute atomic E-state index is 10.9. The van der Waals surface area contributed by atoms with E-state index in [0.29, 0.717) is 0 Å². The Kier molecular flexibility index (Phi) is 2.93. The number of benzene rings is 1. The molecular weight excluding hydrogens is 204 g/mol. The molecule has 0 radical (unpaired) electrons. The molecule has 14 heavy (non-hydrogen) atoms. The van der Waals surface area contributed by atoms with Gasteiger partial charge in [-0.25, -0.2) is 0 Å². The van der Waals surface area contributed by atoms with E-state index >= 15 is 0 Å². The first kappa shape index (κ1) is 10.7. The van der Waals surface area contributed by atoms with Gasteiger partial charge in [0.05, 0.1) is 6.26 Å². The van der Waals surface area contributed by atoms with Crippen molar-refractivity contribution in [1.82, 2.24) is 0 Å². The zero-order valence-corrected chi connectivity index (χ0v) is 8.41. The van der Waals surface area contributed by atoms with E-state index in [1.54, 1.807) is 13.0 Å². The van der Waals surface area contributed by atoms with Gasteiger partial charge >= 0.3 is 0 Å². The molecule has 4 nitrogen and oxygen atoms in total. The Labute approximate surface area is 82.6 Å². The summed E-state index contributed by atoms with van der Waals surface area (Å²) in [5.74, 6) is 0.0718. The summed E-state index contributed by atoms with van der Waals surface area (Å²) in [6.45, 7) is 5.09. The van der Waals surface area contributed by atoms with E-state index in [1.807, 2.05) is 0 Å². The maximum Gasteiger partial charge on any atom is 0.298 e. The fourth-order valence-corrected chi connectivity index (χ4v) is 1.61. The minimum atomic E-state index is -4.25. The third-order valence-electron chi connectivity index (χ3n) is 1.59. The van der Waals surface area contributed by atoms with Crippen LogP contribution in [-0.4, -0.2) is 13.0 Å². The Morgan fingerprint density at radius 3 is 2.64 bits per heavy atom. The van der Waals surface area contributed by atoms with E-state index in [4.69, 9.17) is 9.29 Å². The van der Waals surface area contributed by atoms with Crippen molar-refractivity contribution in [1.29, 1.82) is 0 Å². The number of aryl methyl sites for hydroxylation is 1. The molecule has 5 heteroatoms. The van der Waals surface area contributed by atoms with Crippen molar-refractivity contribution < 1.29 is 17.7 Å². The van der Waals surface area contributed by atoms with Gasteiger partial charge in [-0.1, -0.05) is 12.6 Å². The largest absolute Gasteiger partial charge is 0.464 e. The Bertz CT molecular complexity index is 448. The molecule has 0 aliphatic carbocycles. The quantitative estimate of drug-likeness (QED) is 0.615. The van der Waals surface area contributed by atoms with Crippen molar-refractivity contribution in [2.75, 3.05) is 0 Å². The molecule has 0 fully saturated rings. The maximum atomic E-state index is 10.9. The van der Waals surface area contributed by atoms with Gasteiger partial charge in [0.15, 0.2) is 0 Å². The van der Waals surface area contributed by atoms with Crippen LogP contribution >= 0.6 is 0 Å². The van der Waals surface area contributed by atoms with E-state index in [2.05, 4.69) is 6.58 Å². The Hall–Kier alpha value is -1.33. The third kappa shape index (κ3) is 2.34. The van der Waals surface area contributed by atoms with Gasteiger partial charge in [0.2, 0.25) is 0 Å². The molecule has 0 saturated heterocycles. The van der Waals surface area contributed by atoms with Crippen LogP contribution in [0, 0.1) is 6.92 Å². The van der Waals surface area contributed by atoms with Gasteiger partial charge in [-0.2, -0.15) is 8.42 Å². The molecule has 0 atom stereocenters. The second-order valence-corrected chi connectivity index (χ2v) is 4.10. The van der Waals surface area contributed by atoms with Gasteiger partial charge in [0, 0.05) is 0 Å². The molecular formula is C9H10O4S. The lowest BCUT2D eigenvalue weighted by atomic mass is 10.2. The van der Waals surface area contributed by atoms with E-state index in [9.17, 15) is 8.42 Å². The molecule has 0 spiro atoms. The van der Waals surface area contributed by atoms with Gasteiger partial charge in [-0.05, 0) is 24.6 Å². The number of ether oxygens (including phenoxy) is 1. The fourth-order valence-electron chi connectivity index (χ4n) is 1.01. The van der Waals surface area contributed by atoms with Crippen LogP contribution in [0.1, 0.15) is 5.56 Å². The first-order valence-corrected chi connectivity index (χ1v) is 5.25. The van der Waals surface area contributed by atoms with Crippen LogP contribution in [0.5, 0.6) is 5.75 Å². The molecule has 0 unspecified atom stereocenters. The van der Waals surface area contributed by atoms with Gasteiger partial charge in [0.25, 0.3) is 10.1 Å². The summed E-state index contributed by atoms with van der Waals surface area (Å²) in [4.78, 5) is -0.261. The highest BCUT2D eigenvalue weighted by Gasteiger charge is 2.15. The molecule has 1 aromatic carbocycles. The fraction of sp³-hybridized carbons (Fsp3) is 0.111. The van der Waals surface area contributed by atoms with Gasteiger partial charge in [-0.3, -0.25) is 4.55 Å². The third-order valence-corrected chi connectivity index (χ3v) is 2.48. The van der Waals surface area contributed by atoms with Crippen molar-refractivity contribution in [2.45, 2.75) is 11.8 Å². The van der Waals surface area contributed by atoms with E-state index in [1.165, 1.54) is 12.1 Å². The normalized spacial score (nSPS) is 11.0. The average Bonchev–Trinajstić information content (AvgIpc) is 2.02. The molecule has 1 rings (SSSR count). The van der Waals surface area contributed by atoms with Crippen molar-refractivity contribution in [3.63, 3.8) is 0 Å². The molecule has 76 valence electrons. The first-order valence-electron chi connectivity index (χ1n) is 3.81. The van der Waals surface area contributed by atoms with E-state index in [0.717, 1.165) is 11.8 Å². The molecule has 0 heterocycles. The minimum Gasteiger partial charge on any atom is -0.464 e. The van der Waals surface area contributed by atoms with Crippen LogP contribution in [0.3, 0.4) is 0 Å². The number of hydrogen-bond acceptors (Lipinski definition) is 3. The lowest BCUT2D eigenvalue weighted by Crippen LogP contribution is -2.01. The molecule has 0 saturated carbocycles. The number of rotatable bonds is 3. The molecule has 0 amide bonds. The zero-order valence-electron chi connectivity index (χ0n) is 7.60. The SMILES string of the molecule is C=COc1cc(C)ccc1S(=O)(=O)O. The molecule has 1 aromatic rings. The van der Waals surface area contributed by atoms with Gasteiger partial charge in [-0.15, -0.1) is 0 Å². The van der Waals surface area contributed by atoms with Gasteiger partial charge in [0.1, 0.15) is 10.6 Å². The molecule has 0 aliphatic heterocycles. The van der Waals surface area contributed by atoms with Crippen LogP contribution in [0.2, 0.25) is 0 Å². The summed E-state index contributed by atoms with van der Waals surface area (Å²) in [5.41, 5.74) is 0.828. The summed E-state index contributed by atoms with van der Waals surface area (Å²) >= 11 is 0. The summed E-state index contributed by atoms with van der Waals surface area (Å²) in [5, 5.41) is 0. The summed E-state index contributed by atoms with van der Waals surface area (Å²) in [6.07, 6.45) is 1.10. The summed E-state index contributed by atoms with van der Waals surface area (Å²) in [7, 11) is -4.25. The van der Waals surface area contributed by atoms with Crippen LogP contribution in [0.15, 0.2) is 35.9 Å². The van der Waals surface area contributed by atoms with Crippen molar-refractivity contribution in [2.24, 2.45) is 0 Å². The smallest absolute Gasteiger partial charge is 0.298 e. The van der Waals surface area contributed by atoms with Crippen molar-refractivity contribution in [3.8, 4) is 5.75 Å². The number of hydrogen-bond donors (Lipinski definition) is 1. The van der Waals surface area contributed by atoms with E-state index in [-0.39, 0.29) is 10.6 Å². The monoisotopic (exact) mass is 214 g/mol. The first-order chi connectivity index (χ1) is 6.45. The predicted octanol–water partition coefficient (Wildman–Crippen LogP) is 1.76. The van der Waals surface area contributed by atoms with E-state index < -0.39 is 10.1 Å². The topological polar surface area (TPSA) is 63.6 Å². The lowest BCUT2D eigenvalue weighted by molar-refractivity contribution is 0.450. The lowest BCUT2D eigenvalue weighted by Gasteiger charge is -2.06. The van der Waals surface area contributed by atoms with Crippen LogP contribution < -0.4 is 4.74 Å². The standard InChI is InChI=1S/C9H10O4S/c1-3-13-8-6-7(2)4-5-9(8)14(10,11)12/h3-6H,1H2,2H3,(H,10,11,12). The highest BCUT2D eigenvalue weighted by atomic mass is 32.2. The second-order valence-electron chi connectivity index (χ2n) is 2.71. The summed E-state index contributed by atoms with van der Waals surface area (Å²) < 4.78 is 35.5. The molecule has 0 bridgehead atoms.